The van der Waals surface area contributed by atoms with Crippen LogP contribution in [0.4, 0.5) is 0 Å². The van der Waals surface area contributed by atoms with Gasteiger partial charge in [0.2, 0.25) is 0 Å². The lowest BCUT2D eigenvalue weighted by Crippen LogP contribution is -2.45. The van der Waals surface area contributed by atoms with E-state index in [-0.39, 0.29) is 11.9 Å². The van der Waals surface area contributed by atoms with Crippen molar-refractivity contribution in [2.24, 2.45) is 4.99 Å². The summed E-state index contributed by atoms with van der Waals surface area (Å²) < 4.78 is 22.7. The summed E-state index contributed by atoms with van der Waals surface area (Å²) in [6.07, 6.45) is 4.64. The van der Waals surface area contributed by atoms with Crippen LogP contribution in [-0.4, -0.2) is 44.4 Å². The molecule has 0 radical (unpaired) electrons. The van der Waals surface area contributed by atoms with Gasteiger partial charge < -0.3 is 15.7 Å². The first-order valence-electron chi connectivity index (χ1n) is 8.84. The van der Waals surface area contributed by atoms with Gasteiger partial charge in [-0.2, -0.15) is 0 Å². The van der Waals surface area contributed by atoms with E-state index in [0.717, 1.165) is 49.3 Å². The average molecular weight is 368 g/mol. The summed E-state index contributed by atoms with van der Waals surface area (Å²) in [6.45, 7) is 3.35. The Bertz CT molecular complexity index is 663. The highest BCUT2D eigenvalue weighted by atomic mass is 32.2. The second-order valence-corrected chi connectivity index (χ2v) is 8.87. The van der Waals surface area contributed by atoms with Crippen molar-refractivity contribution in [1.29, 1.82) is 0 Å². The first kappa shape index (κ1) is 19.7. The highest BCUT2D eigenvalue weighted by molar-refractivity contribution is 7.89. The summed E-state index contributed by atoms with van der Waals surface area (Å²) in [4.78, 5) is 4.61. The van der Waals surface area contributed by atoms with Crippen molar-refractivity contribution < 1.29 is 13.5 Å². The van der Waals surface area contributed by atoms with E-state index in [1.807, 2.05) is 31.2 Å². The zero-order valence-electron chi connectivity index (χ0n) is 15.0. The molecule has 0 aromatic heterocycles. The molecule has 0 aliphatic heterocycles. The Morgan fingerprint density at radius 2 is 1.76 bits per heavy atom. The third-order valence-electron chi connectivity index (χ3n) is 4.25. The van der Waals surface area contributed by atoms with Crippen LogP contribution >= 0.6 is 0 Å². The van der Waals surface area contributed by atoms with Crippen molar-refractivity contribution in [2.75, 3.05) is 12.8 Å². The van der Waals surface area contributed by atoms with Gasteiger partial charge in [-0.1, -0.05) is 24.3 Å². The molecule has 0 spiro atoms. The number of rotatable bonds is 6. The Morgan fingerprint density at radius 1 is 1.16 bits per heavy atom. The Hall–Kier alpha value is -1.60. The minimum absolute atomic E-state index is 0.0638. The van der Waals surface area contributed by atoms with Gasteiger partial charge in [0.15, 0.2) is 15.8 Å². The van der Waals surface area contributed by atoms with Crippen LogP contribution < -0.4 is 10.6 Å². The molecule has 3 N–H and O–H groups in total. The molecular formula is C18H29N3O3S. The predicted octanol–water partition coefficient (Wildman–Crippen LogP) is 1.59. The standard InChI is InChI=1S/C18H29N3O3S/c1-3-19-18(21-16-8-10-17(22)11-9-16)20-12-14-4-6-15(7-5-14)13-25(2,23)24/h4-7,16-17,22H,3,8-13H2,1-2H3,(H2,19,20,21). The summed E-state index contributed by atoms with van der Waals surface area (Å²) in [6, 6.07) is 7.87. The van der Waals surface area contributed by atoms with Crippen LogP contribution in [-0.2, 0) is 22.1 Å². The number of nitrogens with zero attached hydrogens (tertiary/aromatic N) is 1. The molecule has 1 aliphatic carbocycles. The average Bonchev–Trinajstić information content (AvgIpc) is 2.55. The van der Waals surface area contributed by atoms with Crippen LogP contribution in [0.1, 0.15) is 43.7 Å². The van der Waals surface area contributed by atoms with E-state index in [1.165, 1.54) is 6.26 Å². The van der Waals surface area contributed by atoms with Gasteiger partial charge >= 0.3 is 0 Å². The molecule has 1 fully saturated rings. The monoisotopic (exact) mass is 367 g/mol. The van der Waals surface area contributed by atoms with E-state index < -0.39 is 9.84 Å². The molecule has 0 heterocycles. The molecule has 6 nitrogen and oxygen atoms in total. The second-order valence-electron chi connectivity index (χ2n) is 6.73. The number of aliphatic imine (C=N–C) groups is 1. The topological polar surface area (TPSA) is 90.8 Å². The minimum atomic E-state index is -3.01. The fourth-order valence-electron chi connectivity index (χ4n) is 2.95. The largest absolute Gasteiger partial charge is 0.393 e. The highest BCUT2D eigenvalue weighted by Crippen LogP contribution is 2.18. The van der Waals surface area contributed by atoms with Crippen LogP contribution in [0.2, 0.25) is 0 Å². The van der Waals surface area contributed by atoms with Gasteiger partial charge in [0.05, 0.1) is 18.4 Å². The molecular weight excluding hydrogens is 338 g/mol. The van der Waals surface area contributed by atoms with Crippen LogP contribution in [0.5, 0.6) is 0 Å². The summed E-state index contributed by atoms with van der Waals surface area (Å²) in [5.41, 5.74) is 1.83. The van der Waals surface area contributed by atoms with Gasteiger partial charge in [0.25, 0.3) is 0 Å². The van der Waals surface area contributed by atoms with Crippen molar-refractivity contribution in [3.05, 3.63) is 35.4 Å². The van der Waals surface area contributed by atoms with Crippen molar-refractivity contribution in [3.63, 3.8) is 0 Å². The Morgan fingerprint density at radius 3 is 2.32 bits per heavy atom. The van der Waals surface area contributed by atoms with Crippen molar-refractivity contribution >= 4 is 15.8 Å². The lowest BCUT2D eigenvalue weighted by molar-refractivity contribution is 0.120. The maximum absolute atomic E-state index is 11.3. The molecule has 2 rings (SSSR count). The number of benzene rings is 1. The SMILES string of the molecule is CCNC(=NCc1ccc(CS(C)(=O)=O)cc1)NC1CCC(O)CC1. The zero-order valence-corrected chi connectivity index (χ0v) is 15.8. The van der Waals surface area contributed by atoms with Gasteiger partial charge in [-0.15, -0.1) is 0 Å². The van der Waals surface area contributed by atoms with Gasteiger partial charge in [0.1, 0.15) is 0 Å². The van der Waals surface area contributed by atoms with E-state index in [4.69, 9.17) is 0 Å². The Kier molecular flexibility index (Phi) is 7.25. The minimum Gasteiger partial charge on any atom is -0.393 e. The normalized spacial score (nSPS) is 21.8. The molecule has 0 atom stereocenters. The lowest BCUT2D eigenvalue weighted by Gasteiger charge is -2.27. The summed E-state index contributed by atoms with van der Waals surface area (Å²) >= 11 is 0. The Labute approximate surface area is 150 Å². The fourth-order valence-corrected chi connectivity index (χ4v) is 3.75. The number of nitrogens with one attached hydrogen (secondary N) is 2. The number of hydrogen-bond acceptors (Lipinski definition) is 4. The molecule has 0 saturated heterocycles. The smallest absolute Gasteiger partial charge is 0.191 e. The molecule has 25 heavy (non-hydrogen) atoms. The van der Waals surface area contributed by atoms with E-state index >= 15 is 0 Å². The number of guanidine groups is 1. The van der Waals surface area contributed by atoms with Crippen LogP contribution in [0, 0.1) is 0 Å². The second kappa shape index (κ2) is 9.20. The summed E-state index contributed by atoms with van der Waals surface area (Å²) in [7, 11) is -3.01. The number of hydrogen-bond donors (Lipinski definition) is 3. The van der Waals surface area contributed by atoms with E-state index in [2.05, 4.69) is 15.6 Å². The zero-order chi connectivity index (χ0) is 18.3. The number of sulfone groups is 1. The third-order valence-corrected chi connectivity index (χ3v) is 5.11. The van der Waals surface area contributed by atoms with Crippen LogP contribution in [0.3, 0.4) is 0 Å². The van der Waals surface area contributed by atoms with Crippen molar-refractivity contribution in [1.82, 2.24) is 10.6 Å². The fraction of sp³-hybridized carbons (Fsp3) is 0.611. The molecule has 0 bridgehead atoms. The Balaban J connectivity index is 1.93. The maximum atomic E-state index is 11.3. The molecule has 1 aromatic rings. The molecule has 140 valence electrons. The molecule has 1 aromatic carbocycles. The first-order chi connectivity index (χ1) is 11.9. The molecule has 1 aliphatic rings. The summed E-state index contributed by atoms with van der Waals surface area (Å²) in [5, 5.41) is 16.3. The van der Waals surface area contributed by atoms with Crippen molar-refractivity contribution in [3.8, 4) is 0 Å². The highest BCUT2D eigenvalue weighted by Gasteiger charge is 2.19. The predicted molar refractivity (Wildman–Crippen MR) is 101 cm³/mol. The number of aliphatic hydroxyl groups is 1. The van der Waals surface area contributed by atoms with Gasteiger partial charge in [-0.3, -0.25) is 0 Å². The first-order valence-corrected chi connectivity index (χ1v) is 10.9. The van der Waals surface area contributed by atoms with Crippen molar-refractivity contribution in [2.45, 2.75) is 57.1 Å². The van der Waals surface area contributed by atoms with Crippen LogP contribution in [0.15, 0.2) is 29.3 Å². The lowest BCUT2D eigenvalue weighted by atomic mass is 9.93. The van der Waals surface area contributed by atoms with Gasteiger partial charge in [-0.05, 0) is 43.7 Å². The molecule has 0 unspecified atom stereocenters. The summed E-state index contributed by atoms with van der Waals surface area (Å²) in [5.74, 6) is 0.845. The molecule has 1 saturated carbocycles. The number of aliphatic hydroxyl groups excluding tert-OH is 1. The third kappa shape index (κ3) is 7.44. The van der Waals surface area contributed by atoms with E-state index in [1.54, 1.807) is 0 Å². The van der Waals surface area contributed by atoms with Crippen LogP contribution in [0.25, 0.3) is 0 Å². The van der Waals surface area contributed by atoms with E-state index in [0.29, 0.717) is 12.6 Å². The van der Waals surface area contributed by atoms with Gasteiger partial charge in [0, 0.05) is 18.8 Å². The maximum Gasteiger partial charge on any atom is 0.191 e. The molecule has 7 heteroatoms. The van der Waals surface area contributed by atoms with Gasteiger partial charge in [-0.25, -0.2) is 13.4 Å². The molecule has 0 amide bonds. The quantitative estimate of drug-likeness (QED) is 0.525. The van der Waals surface area contributed by atoms with E-state index in [9.17, 15) is 13.5 Å².